The third-order valence-electron chi connectivity index (χ3n) is 5.11. The molecule has 0 saturated carbocycles. The fraction of sp³-hybridized carbons (Fsp3) is 0.381. The molecule has 170 valence electrons. The molecule has 1 fully saturated rings. The van der Waals surface area contributed by atoms with Crippen molar-refractivity contribution in [2.75, 3.05) is 45.0 Å². The molecule has 0 bridgehead atoms. The highest BCUT2D eigenvalue weighted by Gasteiger charge is 2.26. The van der Waals surface area contributed by atoms with Crippen LogP contribution in [0.15, 0.2) is 48.5 Å². The van der Waals surface area contributed by atoms with Crippen molar-refractivity contribution in [3.63, 3.8) is 0 Å². The number of amides is 1. The first-order valence-electron chi connectivity index (χ1n) is 9.82. The molecule has 10 heteroatoms. The summed E-state index contributed by atoms with van der Waals surface area (Å²) in [6.45, 7) is 2.83. The number of carbonyl (C=O) groups excluding carboxylic acids is 1. The van der Waals surface area contributed by atoms with E-state index in [4.69, 9.17) is 0 Å². The molecule has 1 saturated heterocycles. The van der Waals surface area contributed by atoms with Gasteiger partial charge in [-0.2, -0.15) is 4.31 Å². The highest BCUT2D eigenvalue weighted by Crippen LogP contribution is 2.11. The molecule has 31 heavy (non-hydrogen) atoms. The van der Waals surface area contributed by atoms with Gasteiger partial charge in [-0.25, -0.2) is 17.2 Å². The summed E-state index contributed by atoms with van der Waals surface area (Å²) in [7, 11) is -3.53. The van der Waals surface area contributed by atoms with Crippen molar-refractivity contribution in [3.8, 4) is 0 Å². The summed E-state index contributed by atoms with van der Waals surface area (Å²) in [5.74, 6) is -2.81. The quantitative estimate of drug-likeness (QED) is 0.638. The minimum Gasteiger partial charge on any atom is -0.351 e. The Morgan fingerprint density at radius 3 is 2.32 bits per heavy atom. The Bertz CT molecular complexity index is 969. The Labute approximate surface area is 187 Å². The molecular weight excluding hydrogens is 448 g/mol. The fourth-order valence-corrected chi connectivity index (χ4v) is 4.69. The highest BCUT2D eigenvalue weighted by molar-refractivity contribution is 7.89. The molecule has 1 aliphatic heterocycles. The molecule has 2 aromatic rings. The summed E-state index contributed by atoms with van der Waals surface area (Å²) >= 11 is 0. The van der Waals surface area contributed by atoms with Crippen LogP contribution < -0.4 is 5.32 Å². The molecule has 0 aromatic heterocycles. The molecule has 2 aromatic carbocycles. The van der Waals surface area contributed by atoms with Gasteiger partial charge in [-0.1, -0.05) is 30.3 Å². The molecule has 0 radical (unpaired) electrons. The van der Waals surface area contributed by atoms with Crippen LogP contribution in [0.1, 0.15) is 15.9 Å². The van der Waals surface area contributed by atoms with Crippen molar-refractivity contribution in [3.05, 3.63) is 71.3 Å². The van der Waals surface area contributed by atoms with Crippen LogP contribution in [0.25, 0.3) is 0 Å². The van der Waals surface area contributed by atoms with Crippen molar-refractivity contribution in [1.82, 2.24) is 14.5 Å². The Kier molecular flexibility index (Phi) is 9.36. The lowest BCUT2D eigenvalue weighted by Crippen LogP contribution is -2.50. The number of hydrogen-bond acceptors (Lipinski definition) is 4. The summed E-state index contributed by atoms with van der Waals surface area (Å²) in [4.78, 5) is 14.2. The number of nitrogens with one attached hydrogen (secondary N) is 1. The van der Waals surface area contributed by atoms with E-state index in [9.17, 15) is 22.0 Å². The SMILES string of the molecule is Cl.O=C(NCCS(=O)(=O)N1CCN(CCc2ccccc2)CC1)c1ccc(F)cc1F. The number of rotatable bonds is 8. The zero-order chi connectivity index (χ0) is 21.6. The highest BCUT2D eigenvalue weighted by atomic mass is 35.5. The van der Waals surface area contributed by atoms with Crippen LogP contribution in [0.3, 0.4) is 0 Å². The van der Waals surface area contributed by atoms with Gasteiger partial charge in [-0.05, 0) is 24.1 Å². The second kappa shape index (κ2) is 11.5. The number of piperazine rings is 1. The van der Waals surface area contributed by atoms with Gasteiger partial charge in [0.25, 0.3) is 5.91 Å². The van der Waals surface area contributed by atoms with E-state index in [0.29, 0.717) is 32.2 Å². The Morgan fingerprint density at radius 2 is 1.68 bits per heavy atom. The molecule has 0 aliphatic carbocycles. The Hall–Kier alpha value is -2.07. The van der Waals surface area contributed by atoms with Crippen molar-refractivity contribution >= 4 is 28.3 Å². The van der Waals surface area contributed by atoms with E-state index in [0.717, 1.165) is 25.1 Å². The molecule has 0 unspecified atom stereocenters. The molecule has 3 rings (SSSR count). The molecule has 1 amide bonds. The molecular formula is C21H26ClF2N3O3S. The van der Waals surface area contributed by atoms with Gasteiger partial charge in [-0.15, -0.1) is 12.4 Å². The number of halogens is 3. The largest absolute Gasteiger partial charge is 0.351 e. The zero-order valence-electron chi connectivity index (χ0n) is 17.0. The number of sulfonamides is 1. The van der Waals surface area contributed by atoms with Crippen LogP contribution in [-0.4, -0.2) is 68.6 Å². The zero-order valence-corrected chi connectivity index (χ0v) is 18.6. The lowest BCUT2D eigenvalue weighted by Gasteiger charge is -2.34. The van der Waals surface area contributed by atoms with E-state index < -0.39 is 27.6 Å². The molecule has 1 N–H and O–H groups in total. The van der Waals surface area contributed by atoms with Crippen molar-refractivity contribution in [2.24, 2.45) is 0 Å². The van der Waals surface area contributed by atoms with Crippen molar-refractivity contribution in [1.29, 1.82) is 0 Å². The maximum Gasteiger partial charge on any atom is 0.254 e. The van der Waals surface area contributed by atoms with Crippen LogP contribution in [0.4, 0.5) is 8.78 Å². The predicted octanol–water partition coefficient (Wildman–Crippen LogP) is 2.31. The van der Waals surface area contributed by atoms with Crippen molar-refractivity contribution < 1.29 is 22.0 Å². The van der Waals surface area contributed by atoms with E-state index >= 15 is 0 Å². The van der Waals surface area contributed by atoms with Gasteiger partial charge in [-0.3, -0.25) is 4.79 Å². The van der Waals surface area contributed by atoms with E-state index in [1.54, 1.807) is 0 Å². The maximum absolute atomic E-state index is 13.6. The predicted molar refractivity (Wildman–Crippen MR) is 118 cm³/mol. The fourth-order valence-electron chi connectivity index (χ4n) is 3.35. The topological polar surface area (TPSA) is 69.7 Å². The van der Waals surface area contributed by atoms with Gasteiger partial charge in [0.15, 0.2) is 0 Å². The van der Waals surface area contributed by atoms with Gasteiger partial charge in [0.1, 0.15) is 11.6 Å². The smallest absolute Gasteiger partial charge is 0.254 e. The molecule has 1 heterocycles. The normalized spacial score (nSPS) is 15.3. The van der Waals surface area contributed by atoms with Gasteiger partial charge >= 0.3 is 0 Å². The monoisotopic (exact) mass is 473 g/mol. The molecule has 1 aliphatic rings. The first-order valence-corrected chi connectivity index (χ1v) is 11.4. The number of nitrogens with zero attached hydrogens (tertiary/aromatic N) is 2. The lowest BCUT2D eigenvalue weighted by atomic mass is 10.1. The van der Waals surface area contributed by atoms with Gasteiger partial charge in [0.2, 0.25) is 10.0 Å². The average Bonchev–Trinajstić information content (AvgIpc) is 2.73. The minimum atomic E-state index is -3.53. The Morgan fingerprint density at radius 1 is 1.00 bits per heavy atom. The summed E-state index contributed by atoms with van der Waals surface area (Å²) in [5, 5.41) is 2.38. The van der Waals surface area contributed by atoms with Gasteiger partial charge in [0, 0.05) is 45.3 Å². The van der Waals surface area contributed by atoms with Gasteiger partial charge < -0.3 is 10.2 Å². The summed E-state index contributed by atoms with van der Waals surface area (Å²) in [5.41, 5.74) is 0.932. The summed E-state index contributed by atoms with van der Waals surface area (Å²) < 4.78 is 53.1. The standard InChI is InChI=1S/C21H25F2N3O3S.ClH/c22-18-6-7-19(20(23)16-18)21(27)24-9-15-30(28,29)26-13-11-25(12-14-26)10-8-17-4-2-1-3-5-17;/h1-7,16H,8-15H2,(H,24,27);1H. The van der Waals surface area contributed by atoms with E-state index in [2.05, 4.69) is 22.3 Å². The Balaban J connectivity index is 0.00000341. The van der Waals surface area contributed by atoms with Crippen LogP contribution in [-0.2, 0) is 16.4 Å². The first kappa shape index (κ1) is 25.2. The molecule has 6 nitrogen and oxygen atoms in total. The van der Waals surface area contributed by atoms with Crippen LogP contribution in [0, 0.1) is 11.6 Å². The third-order valence-corrected chi connectivity index (χ3v) is 6.98. The number of hydrogen-bond donors (Lipinski definition) is 1. The summed E-state index contributed by atoms with van der Waals surface area (Å²) in [6.07, 6.45) is 0.916. The van der Waals surface area contributed by atoms with Gasteiger partial charge in [0.05, 0.1) is 11.3 Å². The first-order chi connectivity index (χ1) is 14.3. The van der Waals surface area contributed by atoms with Crippen LogP contribution >= 0.6 is 12.4 Å². The average molecular weight is 474 g/mol. The van der Waals surface area contributed by atoms with E-state index in [1.807, 2.05) is 18.2 Å². The van der Waals surface area contributed by atoms with Crippen LogP contribution in [0.5, 0.6) is 0 Å². The second-order valence-corrected chi connectivity index (χ2v) is 9.26. The lowest BCUT2D eigenvalue weighted by molar-refractivity contribution is 0.0952. The summed E-state index contributed by atoms with van der Waals surface area (Å²) in [6, 6.07) is 12.8. The second-order valence-electron chi connectivity index (χ2n) is 7.17. The van der Waals surface area contributed by atoms with Crippen LogP contribution in [0.2, 0.25) is 0 Å². The maximum atomic E-state index is 13.6. The molecule has 0 atom stereocenters. The number of carbonyl (C=O) groups is 1. The van der Waals surface area contributed by atoms with Crippen molar-refractivity contribution in [2.45, 2.75) is 6.42 Å². The number of benzene rings is 2. The third kappa shape index (κ3) is 7.24. The van der Waals surface area contributed by atoms with E-state index in [-0.39, 0.29) is 30.3 Å². The minimum absolute atomic E-state index is 0. The van der Waals surface area contributed by atoms with E-state index in [1.165, 1.54) is 9.87 Å². The molecule has 0 spiro atoms.